The molecule has 0 bridgehead atoms. The Bertz CT molecular complexity index is 493. The van der Waals surface area contributed by atoms with E-state index in [-0.39, 0.29) is 5.78 Å². The highest BCUT2D eigenvalue weighted by Gasteiger charge is 2.13. The summed E-state index contributed by atoms with van der Waals surface area (Å²) in [5.41, 5.74) is 0.544. The normalized spacial score (nSPS) is 10.3. The molecule has 15 heavy (non-hydrogen) atoms. The van der Waals surface area contributed by atoms with Gasteiger partial charge in [0.2, 0.25) is 5.78 Å². The van der Waals surface area contributed by atoms with Crippen LogP contribution in [0.15, 0.2) is 40.2 Å². The summed E-state index contributed by atoms with van der Waals surface area (Å²) >= 11 is 10.7. The number of carbonyl (C=O) groups is 1. The number of carbonyl (C=O) groups excluding carboxylic acids is 1. The maximum Gasteiger partial charge on any atom is 0.204 e. The van der Waals surface area contributed by atoms with Crippen LogP contribution in [0.1, 0.15) is 15.2 Å². The predicted octanol–water partition coefficient (Wildman–Crippen LogP) is 4.40. The zero-order valence-electron chi connectivity index (χ0n) is 7.54. The maximum absolute atomic E-state index is 12.0. The first-order valence-electron chi connectivity index (χ1n) is 4.22. The summed E-state index contributed by atoms with van der Waals surface area (Å²) in [5.74, 6) is -0.0255. The molecule has 0 N–H and O–H groups in total. The second kappa shape index (κ2) is 4.47. The standard InChI is InChI=1S/C11H6BrClOS/c12-7-3-4-8(9(13)6-7)11(14)10-2-1-5-15-10/h1-6H. The molecule has 1 heterocycles. The van der Waals surface area contributed by atoms with Crippen LogP contribution in [-0.4, -0.2) is 5.78 Å². The summed E-state index contributed by atoms with van der Waals surface area (Å²) in [4.78, 5) is 12.7. The van der Waals surface area contributed by atoms with Crippen LogP contribution in [0.3, 0.4) is 0 Å². The SMILES string of the molecule is O=C(c1cccs1)c1ccc(Br)cc1Cl. The molecule has 0 atom stereocenters. The van der Waals surface area contributed by atoms with Crippen molar-refractivity contribution in [2.75, 3.05) is 0 Å². The highest BCUT2D eigenvalue weighted by Crippen LogP contribution is 2.25. The fourth-order valence-electron chi connectivity index (χ4n) is 1.21. The summed E-state index contributed by atoms with van der Waals surface area (Å²) < 4.78 is 0.871. The second-order valence-corrected chi connectivity index (χ2v) is 5.20. The molecule has 0 aliphatic heterocycles. The summed E-state index contributed by atoms with van der Waals surface area (Å²) in [6.45, 7) is 0. The lowest BCUT2D eigenvalue weighted by Crippen LogP contribution is -1.99. The van der Waals surface area contributed by atoms with Crippen molar-refractivity contribution in [1.29, 1.82) is 0 Å². The molecule has 0 aliphatic rings. The van der Waals surface area contributed by atoms with Gasteiger partial charge in [-0.25, -0.2) is 0 Å². The van der Waals surface area contributed by atoms with Gasteiger partial charge in [0.25, 0.3) is 0 Å². The monoisotopic (exact) mass is 300 g/mol. The Balaban J connectivity index is 2.42. The Labute approximate surface area is 105 Å². The van der Waals surface area contributed by atoms with Crippen molar-refractivity contribution in [3.8, 4) is 0 Å². The Morgan fingerprint density at radius 2 is 2.13 bits per heavy atom. The van der Waals surface area contributed by atoms with Crippen molar-refractivity contribution in [2.45, 2.75) is 0 Å². The molecular weight excluding hydrogens is 296 g/mol. The van der Waals surface area contributed by atoms with Gasteiger partial charge in [0.1, 0.15) is 0 Å². The fraction of sp³-hybridized carbons (Fsp3) is 0. The van der Waals surface area contributed by atoms with Crippen LogP contribution in [-0.2, 0) is 0 Å². The van der Waals surface area contributed by atoms with Crippen molar-refractivity contribution in [1.82, 2.24) is 0 Å². The van der Waals surface area contributed by atoms with E-state index in [0.717, 1.165) is 4.47 Å². The minimum absolute atomic E-state index is 0.0255. The third-order valence-corrected chi connectivity index (χ3v) is 3.60. The molecule has 1 aromatic carbocycles. The summed E-state index contributed by atoms with van der Waals surface area (Å²) in [6, 6.07) is 8.92. The van der Waals surface area contributed by atoms with Crippen LogP contribution in [0.25, 0.3) is 0 Å². The van der Waals surface area contributed by atoms with Crippen molar-refractivity contribution in [3.05, 3.63) is 55.6 Å². The quantitative estimate of drug-likeness (QED) is 0.752. The van der Waals surface area contributed by atoms with E-state index in [2.05, 4.69) is 15.9 Å². The Morgan fingerprint density at radius 1 is 1.33 bits per heavy atom. The number of hydrogen-bond donors (Lipinski definition) is 0. The number of rotatable bonds is 2. The lowest BCUT2D eigenvalue weighted by molar-refractivity contribution is 0.104. The van der Waals surface area contributed by atoms with Crippen LogP contribution in [0, 0.1) is 0 Å². The lowest BCUT2D eigenvalue weighted by atomic mass is 10.1. The molecule has 0 saturated heterocycles. The van der Waals surface area contributed by atoms with Gasteiger partial charge in [-0.3, -0.25) is 4.79 Å². The van der Waals surface area contributed by atoms with Crippen molar-refractivity contribution in [3.63, 3.8) is 0 Å². The topological polar surface area (TPSA) is 17.1 Å². The van der Waals surface area contributed by atoms with E-state index in [1.807, 2.05) is 17.5 Å². The van der Waals surface area contributed by atoms with E-state index < -0.39 is 0 Å². The van der Waals surface area contributed by atoms with E-state index in [1.165, 1.54) is 11.3 Å². The van der Waals surface area contributed by atoms with Gasteiger partial charge < -0.3 is 0 Å². The molecule has 0 amide bonds. The third-order valence-electron chi connectivity index (χ3n) is 1.92. The zero-order valence-corrected chi connectivity index (χ0v) is 10.7. The molecule has 1 nitrogen and oxygen atoms in total. The van der Waals surface area contributed by atoms with E-state index in [0.29, 0.717) is 15.5 Å². The molecule has 0 spiro atoms. The third kappa shape index (κ3) is 2.30. The Hall–Kier alpha value is -0.640. The van der Waals surface area contributed by atoms with E-state index >= 15 is 0 Å². The van der Waals surface area contributed by atoms with E-state index in [9.17, 15) is 4.79 Å². The number of hydrogen-bond acceptors (Lipinski definition) is 2. The van der Waals surface area contributed by atoms with E-state index in [4.69, 9.17) is 11.6 Å². The molecule has 2 aromatic rings. The van der Waals surface area contributed by atoms with Gasteiger partial charge in [-0.1, -0.05) is 33.6 Å². The number of benzene rings is 1. The van der Waals surface area contributed by atoms with Gasteiger partial charge in [0.15, 0.2) is 0 Å². The minimum Gasteiger partial charge on any atom is -0.288 e. The first kappa shape index (κ1) is 10.9. The van der Waals surface area contributed by atoms with Crippen LogP contribution in [0.4, 0.5) is 0 Å². The molecule has 76 valence electrons. The molecule has 0 saturated carbocycles. The van der Waals surface area contributed by atoms with Gasteiger partial charge >= 0.3 is 0 Å². The largest absolute Gasteiger partial charge is 0.288 e. The predicted molar refractivity (Wildman–Crippen MR) is 66.9 cm³/mol. The number of ketones is 1. The molecule has 0 unspecified atom stereocenters. The highest BCUT2D eigenvalue weighted by atomic mass is 79.9. The van der Waals surface area contributed by atoms with Gasteiger partial charge in [0, 0.05) is 10.0 Å². The van der Waals surface area contributed by atoms with Gasteiger partial charge in [-0.15, -0.1) is 11.3 Å². The summed E-state index contributed by atoms with van der Waals surface area (Å²) in [5, 5.41) is 2.35. The van der Waals surface area contributed by atoms with Crippen molar-refractivity contribution < 1.29 is 4.79 Å². The molecule has 0 radical (unpaired) electrons. The Kier molecular flexibility index (Phi) is 3.24. The van der Waals surface area contributed by atoms with Crippen molar-refractivity contribution in [2.24, 2.45) is 0 Å². The molecular formula is C11H6BrClOS. The van der Waals surface area contributed by atoms with Gasteiger partial charge in [0.05, 0.1) is 9.90 Å². The molecule has 0 aliphatic carbocycles. The van der Waals surface area contributed by atoms with Crippen LogP contribution < -0.4 is 0 Å². The minimum atomic E-state index is -0.0255. The summed E-state index contributed by atoms with van der Waals surface area (Å²) in [7, 11) is 0. The average Bonchev–Trinajstić information content (AvgIpc) is 2.69. The fourth-order valence-corrected chi connectivity index (χ4v) is 2.65. The Morgan fingerprint density at radius 3 is 2.73 bits per heavy atom. The molecule has 2 rings (SSSR count). The maximum atomic E-state index is 12.0. The van der Waals surface area contributed by atoms with Crippen LogP contribution in [0.2, 0.25) is 5.02 Å². The smallest absolute Gasteiger partial charge is 0.204 e. The number of halogens is 2. The first-order valence-corrected chi connectivity index (χ1v) is 6.27. The highest BCUT2D eigenvalue weighted by molar-refractivity contribution is 9.10. The first-order chi connectivity index (χ1) is 7.18. The van der Waals surface area contributed by atoms with Gasteiger partial charge in [-0.2, -0.15) is 0 Å². The van der Waals surface area contributed by atoms with Gasteiger partial charge in [-0.05, 0) is 29.6 Å². The van der Waals surface area contributed by atoms with E-state index in [1.54, 1.807) is 18.2 Å². The molecule has 4 heteroatoms. The lowest BCUT2D eigenvalue weighted by Gasteiger charge is -2.01. The summed E-state index contributed by atoms with van der Waals surface area (Å²) in [6.07, 6.45) is 0. The molecule has 1 aromatic heterocycles. The number of thiophene rings is 1. The van der Waals surface area contributed by atoms with Crippen molar-refractivity contribution >= 4 is 44.7 Å². The second-order valence-electron chi connectivity index (χ2n) is 2.93. The zero-order chi connectivity index (χ0) is 10.8. The average molecular weight is 302 g/mol. The van der Waals surface area contributed by atoms with Crippen LogP contribution in [0.5, 0.6) is 0 Å². The van der Waals surface area contributed by atoms with Crippen LogP contribution >= 0.6 is 38.9 Å². The molecule has 0 fully saturated rings.